The van der Waals surface area contributed by atoms with Crippen molar-refractivity contribution in [3.05, 3.63) is 89.5 Å². The molecule has 51 heavy (non-hydrogen) atoms. The van der Waals surface area contributed by atoms with Crippen LogP contribution in [0.15, 0.2) is 72.8 Å². The molecule has 0 aromatic heterocycles. The van der Waals surface area contributed by atoms with Crippen molar-refractivity contribution in [2.45, 2.75) is 51.9 Å². The van der Waals surface area contributed by atoms with Gasteiger partial charge in [0.1, 0.15) is 37.1 Å². The number of aromatic hydroxyl groups is 3. The van der Waals surface area contributed by atoms with E-state index >= 15 is 0 Å². The number of esters is 3. The van der Waals surface area contributed by atoms with Crippen LogP contribution in [-0.4, -0.2) is 87.6 Å². The predicted molar refractivity (Wildman–Crippen MR) is 207 cm³/mol. The number of phenols is 3. The Hall–Kier alpha value is -3.48. The normalized spacial score (nSPS) is 11.2. The van der Waals surface area contributed by atoms with Gasteiger partial charge in [-0.05, 0) is 96.0 Å². The summed E-state index contributed by atoms with van der Waals surface area (Å²) >= 11 is 4.93. The Labute approximate surface area is 314 Å². The number of ether oxygens (including phenoxy) is 3. The molecule has 0 atom stereocenters. The van der Waals surface area contributed by atoms with Gasteiger partial charge in [0.15, 0.2) is 0 Å². The summed E-state index contributed by atoms with van der Waals surface area (Å²) in [4.78, 5) is 38.1. The molecule has 0 aliphatic heterocycles. The number of carbonyl (C=O) groups excluding carboxylic acids is 3. The summed E-state index contributed by atoms with van der Waals surface area (Å²) in [5.74, 6) is 3.86. The van der Waals surface area contributed by atoms with E-state index in [2.05, 4.69) is 0 Å². The molecule has 0 saturated carbocycles. The highest BCUT2D eigenvalue weighted by Gasteiger charge is 2.34. The van der Waals surface area contributed by atoms with Crippen molar-refractivity contribution in [2.24, 2.45) is 5.41 Å². The Bertz CT molecular complexity index is 1280. The number of aryl methyl sites for hydroxylation is 3. The van der Waals surface area contributed by atoms with Gasteiger partial charge in [0.2, 0.25) is 0 Å². The van der Waals surface area contributed by atoms with E-state index in [1.54, 1.807) is 71.7 Å². The first-order chi connectivity index (χ1) is 24.7. The second-order valence-corrected chi connectivity index (χ2v) is 15.8. The summed E-state index contributed by atoms with van der Waals surface area (Å²) in [5, 5.41) is 28.3. The molecule has 9 nitrogen and oxygen atoms in total. The molecule has 278 valence electrons. The minimum absolute atomic E-state index is 0.0379. The Kier molecular flexibility index (Phi) is 19.6. The zero-order valence-electron chi connectivity index (χ0n) is 29.3. The summed E-state index contributed by atoms with van der Waals surface area (Å²) in [7, 11) is 0. The molecule has 0 radical (unpaired) electrons. The SMILES string of the molecule is CCC(COC(=O)CCSCCc1ccc(O)cc1)(COC(=O)CCSCCc1ccc(O)cc1)COC(=O)CCSCCc1ccc(O)cc1. The Balaban J connectivity index is 1.42. The summed E-state index contributed by atoms with van der Waals surface area (Å²) in [6, 6.07) is 21.2. The Morgan fingerprint density at radius 2 is 0.765 bits per heavy atom. The van der Waals surface area contributed by atoms with Gasteiger partial charge in [0, 0.05) is 17.3 Å². The van der Waals surface area contributed by atoms with Crippen molar-refractivity contribution in [3.8, 4) is 17.2 Å². The first kappa shape index (κ1) is 41.9. The standard InChI is InChI=1S/C39H50O9S3/c1-2-39(27-46-36(43)18-24-49-21-15-30-3-9-33(40)10-4-30,28-47-37(44)19-25-50-22-16-31-5-11-34(41)12-6-31)29-48-38(45)20-26-51-23-17-32-7-13-35(42)14-8-32/h3-14,40-42H,2,15-29H2,1H3. The van der Waals surface area contributed by atoms with E-state index in [0.717, 1.165) is 53.2 Å². The largest absolute Gasteiger partial charge is 0.508 e. The van der Waals surface area contributed by atoms with Crippen LogP contribution in [0.25, 0.3) is 0 Å². The summed E-state index contributed by atoms with van der Waals surface area (Å²) in [6.45, 7) is 1.78. The van der Waals surface area contributed by atoms with Crippen LogP contribution >= 0.6 is 35.3 Å². The predicted octanol–water partition coefficient (Wildman–Crippen LogP) is 7.23. The van der Waals surface area contributed by atoms with Crippen molar-refractivity contribution in [3.63, 3.8) is 0 Å². The second-order valence-electron chi connectivity index (χ2n) is 12.2. The number of benzene rings is 3. The fourth-order valence-corrected chi connectivity index (χ4v) is 7.36. The number of phenolic OH excluding ortho intramolecular Hbond substituents is 3. The number of hydrogen-bond acceptors (Lipinski definition) is 12. The maximum Gasteiger partial charge on any atom is 0.306 e. The van der Waals surface area contributed by atoms with Crippen LogP contribution in [0.1, 0.15) is 49.3 Å². The van der Waals surface area contributed by atoms with E-state index in [1.165, 1.54) is 0 Å². The monoisotopic (exact) mass is 758 g/mol. The van der Waals surface area contributed by atoms with Crippen molar-refractivity contribution in [2.75, 3.05) is 54.3 Å². The van der Waals surface area contributed by atoms with Crippen LogP contribution in [-0.2, 0) is 47.9 Å². The average molecular weight is 759 g/mol. The average Bonchev–Trinajstić information content (AvgIpc) is 3.13. The van der Waals surface area contributed by atoms with E-state index < -0.39 is 5.41 Å². The molecule has 0 heterocycles. The molecule has 0 spiro atoms. The van der Waals surface area contributed by atoms with Gasteiger partial charge in [0.05, 0.1) is 24.7 Å². The third kappa shape index (κ3) is 18.0. The van der Waals surface area contributed by atoms with Crippen LogP contribution in [0.3, 0.4) is 0 Å². The van der Waals surface area contributed by atoms with Gasteiger partial charge in [-0.2, -0.15) is 35.3 Å². The number of thioether (sulfide) groups is 3. The smallest absolute Gasteiger partial charge is 0.306 e. The topological polar surface area (TPSA) is 140 Å². The van der Waals surface area contributed by atoms with Gasteiger partial charge in [-0.15, -0.1) is 0 Å². The molecule has 0 fully saturated rings. The number of rotatable bonds is 25. The van der Waals surface area contributed by atoms with Crippen LogP contribution in [0.5, 0.6) is 17.2 Å². The Morgan fingerprint density at radius 3 is 1.02 bits per heavy atom. The first-order valence-corrected chi connectivity index (χ1v) is 20.7. The summed E-state index contributed by atoms with van der Waals surface area (Å²) in [5.41, 5.74) is 2.46. The van der Waals surface area contributed by atoms with Gasteiger partial charge in [-0.3, -0.25) is 14.4 Å². The minimum atomic E-state index is -0.870. The molecular formula is C39H50O9S3. The van der Waals surface area contributed by atoms with E-state index in [1.807, 2.05) is 43.3 Å². The van der Waals surface area contributed by atoms with Crippen molar-refractivity contribution < 1.29 is 43.9 Å². The van der Waals surface area contributed by atoms with Crippen LogP contribution in [0.4, 0.5) is 0 Å². The van der Waals surface area contributed by atoms with E-state index in [4.69, 9.17) is 14.2 Å². The minimum Gasteiger partial charge on any atom is -0.508 e. The number of carbonyl (C=O) groups is 3. The zero-order chi connectivity index (χ0) is 36.7. The molecule has 0 aliphatic carbocycles. The van der Waals surface area contributed by atoms with Crippen molar-refractivity contribution >= 4 is 53.2 Å². The fraction of sp³-hybridized carbons (Fsp3) is 0.462. The van der Waals surface area contributed by atoms with E-state index in [0.29, 0.717) is 23.7 Å². The van der Waals surface area contributed by atoms with Gasteiger partial charge >= 0.3 is 17.9 Å². The third-order valence-corrected chi connectivity index (χ3v) is 11.1. The highest BCUT2D eigenvalue weighted by atomic mass is 32.2. The highest BCUT2D eigenvalue weighted by Crippen LogP contribution is 2.26. The van der Waals surface area contributed by atoms with Crippen molar-refractivity contribution in [1.82, 2.24) is 0 Å². The Morgan fingerprint density at radius 1 is 0.490 bits per heavy atom. The molecule has 3 aromatic rings. The highest BCUT2D eigenvalue weighted by molar-refractivity contribution is 7.99. The van der Waals surface area contributed by atoms with Crippen LogP contribution in [0.2, 0.25) is 0 Å². The van der Waals surface area contributed by atoms with E-state index in [9.17, 15) is 29.7 Å². The molecule has 0 bridgehead atoms. The second kappa shape index (κ2) is 23.9. The van der Waals surface area contributed by atoms with Gasteiger partial charge in [-0.25, -0.2) is 0 Å². The van der Waals surface area contributed by atoms with E-state index in [-0.39, 0.29) is 74.2 Å². The molecule has 3 rings (SSSR count). The molecule has 3 aromatic carbocycles. The maximum atomic E-state index is 12.7. The molecule has 0 saturated heterocycles. The summed E-state index contributed by atoms with van der Waals surface area (Å²) < 4.78 is 17.0. The third-order valence-electron chi connectivity index (χ3n) is 8.13. The quantitative estimate of drug-likeness (QED) is 0.0457. The van der Waals surface area contributed by atoms with Crippen molar-refractivity contribution in [1.29, 1.82) is 0 Å². The van der Waals surface area contributed by atoms with Gasteiger partial charge < -0.3 is 29.5 Å². The maximum absolute atomic E-state index is 12.7. The molecular weight excluding hydrogens is 709 g/mol. The molecule has 0 unspecified atom stereocenters. The lowest BCUT2D eigenvalue weighted by molar-refractivity contribution is -0.161. The zero-order valence-corrected chi connectivity index (χ0v) is 31.7. The number of hydrogen-bond donors (Lipinski definition) is 3. The lowest BCUT2D eigenvalue weighted by Gasteiger charge is -2.31. The molecule has 3 N–H and O–H groups in total. The molecule has 0 aliphatic rings. The molecule has 0 amide bonds. The van der Waals surface area contributed by atoms with Gasteiger partial charge in [-0.1, -0.05) is 43.3 Å². The van der Waals surface area contributed by atoms with Crippen LogP contribution in [0, 0.1) is 5.41 Å². The lowest BCUT2D eigenvalue weighted by Crippen LogP contribution is -2.39. The lowest BCUT2D eigenvalue weighted by atomic mass is 9.88. The molecule has 12 heteroatoms. The fourth-order valence-electron chi connectivity index (χ4n) is 4.68. The van der Waals surface area contributed by atoms with Crippen LogP contribution < -0.4 is 0 Å². The van der Waals surface area contributed by atoms with Gasteiger partial charge in [0.25, 0.3) is 0 Å². The summed E-state index contributed by atoms with van der Waals surface area (Å²) in [6.07, 6.45) is 3.61. The first-order valence-electron chi connectivity index (χ1n) is 17.2.